The molecule has 2 saturated heterocycles. The monoisotopic (exact) mass is 871 g/mol. The SMILES string of the molecule is CC/C=C\C/C=C\C/C=C\C/C=C\CCCCCOCC(COC1OC(COC2OC(CO)C(O)C(O)C2O)C(O)C(O)C1O)OC(=O)CCCCCCCCCCCCC. The highest BCUT2D eigenvalue weighted by atomic mass is 16.7. The maximum Gasteiger partial charge on any atom is 0.306 e. The molecule has 0 aromatic heterocycles. The zero-order valence-electron chi connectivity index (χ0n) is 37.1. The lowest BCUT2D eigenvalue weighted by Gasteiger charge is -2.42. The predicted molar refractivity (Wildman–Crippen MR) is 233 cm³/mol. The standard InChI is InChI=1S/C47H82O14/c1-3-5-7-9-11-13-15-16-17-18-19-21-23-25-27-29-31-56-33-36(59-39(49)30-28-26-24-22-20-14-12-10-8-6-4-2)34-57-46-45(55)43(53)41(51)38(61-46)35-58-47-44(54)42(52)40(50)37(32-48)60-47/h5,7,11,13,16-17,19,21,36-38,40-48,50-55H,3-4,6,8-10,12,14-15,18,20,22-35H2,1-2H3/b7-5-,13-11-,17-16-,21-19-. The predicted octanol–water partition coefficient (Wildman–Crippen LogP) is 5.62. The maximum absolute atomic E-state index is 12.9. The quantitative estimate of drug-likeness (QED) is 0.0234. The molecular weight excluding hydrogens is 789 g/mol. The highest BCUT2D eigenvalue weighted by Gasteiger charge is 2.47. The fourth-order valence-electron chi connectivity index (χ4n) is 7.04. The molecule has 2 aliphatic rings. The van der Waals surface area contributed by atoms with Crippen LogP contribution in [0.4, 0.5) is 0 Å². The summed E-state index contributed by atoms with van der Waals surface area (Å²) < 4.78 is 34.1. The molecule has 2 fully saturated rings. The van der Waals surface area contributed by atoms with E-state index in [1.165, 1.54) is 44.9 Å². The number of ether oxygens (including phenoxy) is 6. The van der Waals surface area contributed by atoms with Crippen molar-refractivity contribution in [3.8, 4) is 0 Å². The minimum Gasteiger partial charge on any atom is -0.457 e. The molecule has 0 aromatic carbocycles. The fraction of sp³-hybridized carbons (Fsp3) is 0.809. The molecule has 0 aromatic rings. The first-order valence-electron chi connectivity index (χ1n) is 23.2. The third-order valence-corrected chi connectivity index (χ3v) is 10.9. The first-order chi connectivity index (χ1) is 29.6. The van der Waals surface area contributed by atoms with Crippen molar-refractivity contribution >= 4 is 5.97 Å². The van der Waals surface area contributed by atoms with Gasteiger partial charge in [0.25, 0.3) is 0 Å². The topological polar surface area (TPSA) is 214 Å². The second-order valence-corrected chi connectivity index (χ2v) is 16.2. The van der Waals surface area contributed by atoms with Gasteiger partial charge in [-0.1, -0.05) is 133 Å². The molecule has 2 rings (SSSR count). The van der Waals surface area contributed by atoms with Gasteiger partial charge >= 0.3 is 5.97 Å². The van der Waals surface area contributed by atoms with Gasteiger partial charge in [-0.2, -0.15) is 0 Å². The van der Waals surface area contributed by atoms with Crippen LogP contribution in [0.3, 0.4) is 0 Å². The van der Waals surface area contributed by atoms with Crippen LogP contribution in [0.5, 0.6) is 0 Å². The summed E-state index contributed by atoms with van der Waals surface area (Å²) in [6.45, 7) is 3.46. The largest absolute Gasteiger partial charge is 0.457 e. The Morgan fingerprint density at radius 2 is 1.07 bits per heavy atom. The van der Waals surface area contributed by atoms with Gasteiger partial charge in [0.2, 0.25) is 0 Å². The smallest absolute Gasteiger partial charge is 0.306 e. The average molecular weight is 871 g/mol. The van der Waals surface area contributed by atoms with Crippen LogP contribution in [-0.2, 0) is 33.2 Å². The Balaban J connectivity index is 1.82. The zero-order chi connectivity index (χ0) is 44.5. The van der Waals surface area contributed by atoms with E-state index in [4.69, 9.17) is 28.4 Å². The van der Waals surface area contributed by atoms with Gasteiger partial charge in [0.05, 0.1) is 26.4 Å². The van der Waals surface area contributed by atoms with E-state index in [-0.39, 0.29) is 19.6 Å². The Hall–Kier alpha value is -2.05. The number of hydrogen-bond acceptors (Lipinski definition) is 14. The van der Waals surface area contributed by atoms with Crippen molar-refractivity contribution in [2.45, 2.75) is 210 Å². The van der Waals surface area contributed by atoms with E-state index in [2.05, 4.69) is 62.5 Å². The molecule has 11 unspecified atom stereocenters. The zero-order valence-corrected chi connectivity index (χ0v) is 37.1. The van der Waals surface area contributed by atoms with Crippen LogP contribution < -0.4 is 0 Å². The van der Waals surface area contributed by atoms with Crippen LogP contribution in [-0.4, -0.2) is 142 Å². The van der Waals surface area contributed by atoms with E-state index in [1.807, 2.05) is 0 Å². The molecule has 0 amide bonds. The molecule has 2 aliphatic heterocycles. The summed E-state index contributed by atoms with van der Waals surface area (Å²) in [5.74, 6) is -0.391. The molecule has 2 heterocycles. The van der Waals surface area contributed by atoms with Crippen LogP contribution >= 0.6 is 0 Å². The number of allylic oxidation sites excluding steroid dienone is 8. The maximum atomic E-state index is 12.9. The first kappa shape index (κ1) is 55.1. The number of hydrogen-bond donors (Lipinski definition) is 7. The Labute approximate surface area is 365 Å². The summed E-state index contributed by atoms with van der Waals surface area (Å²) in [6, 6.07) is 0. The number of unbranched alkanes of at least 4 members (excludes halogenated alkanes) is 13. The molecule has 0 spiro atoms. The minimum absolute atomic E-state index is 0.0402. The number of carbonyl (C=O) groups is 1. The lowest BCUT2D eigenvalue weighted by molar-refractivity contribution is -0.332. The summed E-state index contributed by atoms with van der Waals surface area (Å²) in [6.07, 6.45) is 21.8. The van der Waals surface area contributed by atoms with Gasteiger partial charge in [0.1, 0.15) is 54.9 Å². The van der Waals surface area contributed by atoms with Crippen molar-refractivity contribution in [1.29, 1.82) is 0 Å². The summed E-state index contributed by atoms with van der Waals surface area (Å²) in [7, 11) is 0. The highest BCUT2D eigenvalue weighted by molar-refractivity contribution is 5.69. The highest BCUT2D eigenvalue weighted by Crippen LogP contribution is 2.26. The van der Waals surface area contributed by atoms with Gasteiger partial charge in [0.15, 0.2) is 12.6 Å². The van der Waals surface area contributed by atoms with Crippen LogP contribution in [0, 0.1) is 0 Å². The van der Waals surface area contributed by atoms with Crippen molar-refractivity contribution in [2.24, 2.45) is 0 Å². The average Bonchev–Trinajstić information content (AvgIpc) is 3.25. The third-order valence-electron chi connectivity index (χ3n) is 10.9. The van der Waals surface area contributed by atoms with E-state index in [0.29, 0.717) is 13.0 Å². The number of carbonyl (C=O) groups excluding carboxylic acids is 1. The lowest BCUT2D eigenvalue weighted by atomic mass is 9.98. The molecule has 0 radical (unpaired) electrons. The van der Waals surface area contributed by atoms with Crippen molar-refractivity contribution in [1.82, 2.24) is 0 Å². The van der Waals surface area contributed by atoms with Gasteiger partial charge in [-0.3, -0.25) is 4.79 Å². The van der Waals surface area contributed by atoms with Crippen molar-refractivity contribution in [3.63, 3.8) is 0 Å². The molecule has 0 bridgehead atoms. The second kappa shape index (κ2) is 35.3. The molecule has 7 N–H and O–H groups in total. The van der Waals surface area contributed by atoms with Crippen LogP contribution in [0.1, 0.15) is 142 Å². The van der Waals surface area contributed by atoms with Crippen LogP contribution in [0.2, 0.25) is 0 Å². The molecule has 14 nitrogen and oxygen atoms in total. The van der Waals surface area contributed by atoms with E-state index in [1.54, 1.807) is 0 Å². The van der Waals surface area contributed by atoms with Gasteiger partial charge in [-0.25, -0.2) is 0 Å². The first-order valence-corrected chi connectivity index (χ1v) is 23.2. The van der Waals surface area contributed by atoms with Crippen molar-refractivity contribution < 1.29 is 69.0 Å². The summed E-state index contributed by atoms with van der Waals surface area (Å²) in [5.41, 5.74) is 0. The summed E-state index contributed by atoms with van der Waals surface area (Å²) in [4.78, 5) is 12.9. The summed E-state index contributed by atoms with van der Waals surface area (Å²) in [5, 5.41) is 71.9. The number of esters is 1. The van der Waals surface area contributed by atoms with Gasteiger partial charge in [-0.15, -0.1) is 0 Å². The molecule has 0 saturated carbocycles. The number of aliphatic hydroxyl groups is 7. The molecule has 61 heavy (non-hydrogen) atoms. The van der Waals surface area contributed by atoms with Gasteiger partial charge in [0, 0.05) is 13.0 Å². The van der Waals surface area contributed by atoms with Crippen LogP contribution in [0.15, 0.2) is 48.6 Å². The van der Waals surface area contributed by atoms with E-state index < -0.39 is 86.7 Å². The van der Waals surface area contributed by atoms with Crippen LogP contribution in [0.25, 0.3) is 0 Å². The van der Waals surface area contributed by atoms with Crippen molar-refractivity contribution in [3.05, 3.63) is 48.6 Å². The minimum atomic E-state index is -1.71. The molecular formula is C47H82O14. The molecule has 11 atom stereocenters. The fourth-order valence-corrected chi connectivity index (χ4v) is 7.04. The van der Waals surface area contributed by atoms with Crippen molar-refractivity contribution in [2.75, 3.05) is 33.0 Å². The number of rotatable bonds is 35. The Morgan fingerprint density at radius 1 is 0.557 bits per heavy atom. The Morgan fingerprint density at radius 3 is 1.66 bits per heavy atom. The van der Waals surface area contributed by atoms with E-state index in [9.17, 15) is 40.5 Å². The van der Waals surface area contributed by atoms with E-state index in [0.717, 1.165) is 70.6 Å². The molecule has 354 valence electrons. The van der Waals surface area contributed by atoms with Gasteiger partial charge < -0.3 is 64.2 Å². The van der Waals surface area contributed by atoms with Gasteiger partial charge in [-0.05, 0) is 51.4 Å². The summed E-state index contributed by atoms with van der Waals surface area (Å²) >= 11 is 0. The molecule has 0 aliphatic carbocycles. The molecule has 14 heteroatoms. The lowest BCUT2D eigenvalue weighted by Crippen LogP contribution is -2.61. The normalized spacial score (nSPS) is 27.9. The Kier molecular flexibility index (Phi) is 31.9. The Bertz CT molecular complexity index is 1190. The number of aliphatic hydroxyl groups excluding tert-OH is 7. The second-order valence-electron chi connectivity index (χ2n) is 16.2. The van der Waals surface area contributed by atoms with E-state index >= 15 is 0 Å². The third kappa shape index (κ3) is 24.0.